The van der Waals surface area contributed by atoms with Crippen LogP contribution in [0, 0.1) is 13.8 Å². The summed E-state index contributed by atoms with van der Waals surface area (Å²) in [4.78, 5) is 0. The molecule has 0 radical (unpaired) electrons. The third kappa shape index (κ3) is 3.06. The third-order valence-corrected chi connectivity index (χ3v) is 2.15. The van der Waals surface area contributed by atoms with Gasteiger partial charge in [-0.1, -0.05) is 26.8 Å². The standard InChI is InChI=1S/C11H16O.C2H6/c1-5-10-9(3)6-8(2)7-11(10)12-4;1-2/h6-7H,5H2,1-4H3;1-2H3. The van der Waals surface area contributed by atoms with Gasteiger partial charge >= 0.3 is 0 Å². The molecule has 0 heterocycles. The molecular weight excluding hydrogens is 172 g/mol. The van der Waals surface area contributed by atoms with Crippen molar-refractivity contribution in [1.29, 1.82) is 0 Å². The van der Waals surface area contributed by atoms with Crippen LogP contribution in [-0.2, 0) is 6.42 Å². The van der Waals surface area contributed by atoms with Gasteiger partial charge in [-0.25, -0.2) is 0 Å². The van der Waals surface area contributed by atoms with Crippen LogP contribution in [0.15, 0.2) is 12.1 Å². The molecule has 14 heavy (non-hydrogen) atoms. The predicted octanol–water partition coefficient (Wildman–Crippen LogP) is 3.90. The van der Waals surface area contributed by atoms with E-state index in [1.165, 1.54) is 16.7 Å². The molecule has 1 aromatic rings. The average molecular weight is 194 g/mol. The lowest BCUT2D eigenvalue weighted by Gasteiger charge is -2.10. The van der Waals surface area contributed by atoms with Gasteiger partial charge in [0.2, 0.25) is 0 Å². The molecule has 0 N–H and O–H groups in total. The van der Waals surface area contributed by atoms with E-state index in [2.05, 4.69) is 32.9 Å². The summed E-state index contributed by atoms with van der Waals surface area (Å²) in [5, 5.41) is 0. The van der Waals surface area contributed by atoms with Crippen LogP contribution < -0.4 is 4.74 Å². The Morgan fingerprint density at radius 1 is 1.14 bits per heavy atom. The second kappa shape index (κ2) is 6.47. The second-order valence-electron chi connectivity index (χ2n) is 3.12. The molecule has 0 fully saturated rings. The fourth-order valence-electron chi connectivity index (χ4n) is 1.59. The molecule has 1 heteroatoms. The second-order valence-corrected chi connectivity index (χ2v) is 3.12. The van der Waals surface area contributed by atoms with E-state index < -0.39 is 0 Å². The largest absolute Gasteiger partial charge is 0.496 e. The van der Waals surface area contributed by atoms with Gasteiger partial charge in [0.05, 0.1) is 7.11 Å². The fraction of sp³-hybridized carbons (Fsp3) is 0.538. The highest BCUT2D eigenvalue weighted by Crippen LogP contribution is 2.24. The number of aryl methyl sites for hydroxylation is 2. The Hall–Kier alpha value is -0.980. The molecule has 1 aromatic carbocycles. The molecule has 0 unspecified atom stereocenters. The summed E-state index contributed by atoms with van der Waals surface area (Å²) in [5.74, 6) is 1.02. The topological polar surface area (TPSA) is 9.23 Å². The maximum atomic E-state index is 5.30. The minimum Gasteiger partial charge on any atom is -0.496 e. The van der Waals surface area contributed by atoms with Crippen molar-refractivity contribution < 1.29 is 4.74 Å². The number of rotatable bonds is 2. The number of methoxy groups -OCH3 is 1. The van der Waals surface area contributed by atoms with E-state index in [0.717, 1.165) is 12.2 Å². The highest BCUT2D eigenvalue weighted by atomic mass is 16.5. The molecule has 0 spiro atoms. The molecule has 0 saturated heterocycles. The highest BCUT2D eigenvalue weighted by molar-refractivity contribution is 5.42. The lowest BCUT2D eigenvalue weighted by atomic mass is 10.0. The van der Waals surface area contributed by atoms with Gasteiger partial charge in [0.25, 0.3) is 0 Å². The summed E-state index contributed by atoms with van der Waals surface area (Å²) in [5.41, 5.74) is 3.92. The Bertz CT molecular complexity index is 277. The Labute approximate surface area is 88.1 Å². The lowest BCUT2D eigenvalue weighted by Crippen LogP contribution is -1.94. The summed E-state index contributed by atoms with van der Waals surface area (Å²) in [6, 6.07) is 4.28. The first-order valence-corrected chi connectivity index (χ1v) is 5.33. The van der Waals surface area contributed by atoms with E-state index in [4.69, 9.17) is 4.74 Å². The monoisotopic (exact) mass is 194 g/mol. The maximum absolute atomic E-state index is 5.30. The zero-order chi connectivity index (χ0) is 11.1. The van der Waals surface area contributed by atoms with Crippen molar-refractivity contribution in [2.24, 2.45) is 0 Å². The molecule has 1 rings (SSSR count). The number of hydrogen-bond donors (Lipinski definition) is 0. The van der Waals surface area contributed by atoms with Crippen LogP contribution in [-0.4, -0.2) is 7.11 Å². The van der Waals surface area contributed by atoms with Gasteiger partial charge in [-0.2, -0.15) is 0 Å². The Balaban J connectivity index is 0.000000791. The van der Waals surface area contributed by atoms with Crippen molar-refractivity contribution in [3.63, 3.8) is 0 Å². The van der Waals surface area contributed by atoms with E-state index in [-0.39, 0.29) is 0 Å². The van der Waals surface area contributed by atoms with Crippen LogP contribution in [0.25, 0.3) is 0 Å². The van der Waals surface area contributed by atoms with Crippen LogP contribution in [0.3, 0.4) is 0 Å². The molecule has 0 bridgehead atoms. The van der Waals surface area contributed by atoms with Crippen molar-refractivity contribution in [1.82, 2.24) is 0 Å². The summed E-state index contributed by atoms with van der Waals surface area (Å²) < 4.78 is 5.30. The van der Waals surface area contributed by atoms with Crippen LogP contribution in [0.2, 0.25) is 0 Å². The van der Waals surface area contributed by atoms with E-state index in [9.17, 15) is 0 Å². The van der Waals surface area contributed by atoms with Crippen molar-refractivity contribution in [3.05, 3.63) is 28.8 Å². The zero-order valence-electron chi connectivity index (χ0n) is 10.3. The van der Waals surface area contributed by atoms with Crippen LogP contribution >= 0.6 is 0 Å². The van der Waals surface area contributed by atoms with E-state index in [0.29, 0.717) is 0 Å². The highest BCUT2D eigenvalue weighted by Gasteiger charge is 2.04. The van der Waals surface area contributed by atoms with Crippen molar-refractivity contribution in [3.8, 4) is 5.75 Å². The molecule has 80 valence electrons. The SMILES string of the molecule is CC.CCc1c(C)cc(C)cc1OC. The zero-order valence-corrected chi connectivity index (χ0v) is 10.3. The molecule has 0 aliphatic heterocycles. The lowest BCUT2D eigenvalue weighted by molar-refractivity contribution is 0.409. The summed E-state index contributed by atoms with van der Waals surface area (Å²) >= 11 is 0. The molecule has 0 atom stereocenters. The van der Waals surface area contributed by atoms with Crippen molar-refractivity contribution in [2.75, 3.05) is 7.11 Å². The summed E-state index contributed by atoms with van der Waals surface area (Å²) in [6.45, 7) is 10.4. The van der Waals surface area contributed by atoms with Crippen LogP contribution in [0.1, 0.15) is 37.5 Å². The summed E-state index contributed by atoms with van der Waals surface area (Å²) in [7, 11) is 1.73. The van der Waals surface area contributed by atoms with Gasteiger partial charge in [0, 0.05) is 0 Å². The first-order chi connectivity index (χ1) is 6.69. The van der Waals surface area contributed by atoms with Crippen molar-refractivity contribution in [2.45, 2.75) is 41.0 Å². The molecular formula is C13H22O. The maximum Gasteiger partial charge on any atom is 0.122 e. The van der Waals surface area contributed by atoms with Gasteiger partial charge in [-0.3, -0.25) is 0 Å². The molecule has 0 aliphatic carbocycles. The normalized spacial score (nSPS) is 9.00. The van der Waals surface area contributed by atoms with Crippen LogP contribution in [0.5, 0.6) is 5.75 Å². The fourth-order valence-corrected chi connectivity index (χ4v) is 1.59. The van der Waals surface area contributed by atoms with Crippen LogP contribution in [0.4, 0.5) is 0 Å². The quantitative estimate of drug-likeness (QED) is 0.693. The minimum absolute atomic E-state index is 1.02. The van der Waals surface area contributed by atoms with E-state index in [1.807, 2.05) is 13.8 Å². The molecule has 0 saturated carbocycles. The third-order valence-electron chi connectivity index (χ3n) is 2.15. The van der Waals surface area contributed by atoms with Crippen molar-refractivity contribution >= 4 is 0 Å². The molecule has 1 nitrogen and oxygen atoms in total. The Kier molecular flexibility index (Phi) is 6.02. The van der Waals surface area contributed by atoms with Gasteiger partial charge in [0.1, 0.15) is 5.75 Å². The van der Waals surface area contributed by atoms with Gasteiger partial charge in [0.15, 0.2) is 0 Å². The number of ether oxygens (including phenoxy) is 1. The molecule has 0 aromatic heterocycles. The van der Waals surface area contributed by atoms with Gasteiger partial charge in [-0.15, -0.1) is 0 Å². The van der Waals surface area contributed by atoms with Gasteiger partial charge in [-0.05, 0) is 43.0 Å². The predicted molar refractivity (Wildman–Crippen MR) is 63.2 cm³/mol. The first-order valence-electron chi connectivity index (χ1n) is 5.33. The molecule has 0 aliphatic rings. The summed E-state index contributed by atoms with van der Waals surface area (Å²) in [6.07, 6.45) is 1.04. The minimum atomic E-state index is 1.02. The Morgan fingerprint density at radius 3 is 2.14 bits per heavy atom. The average Bonchev–Trinajstić information content (AvgIpc) is 2.19. The van der Waals surface area contributed by atoms with E-state index >= 15 is 0 Å². The Morgan fingerprint density at radius 2 is 1.71 bits per heavy atom. The number of benzene rings is 1. The first kappa shape index (κ1) is 13.0. The van der Waals surface area contributed by atoms with Gasteiger partial charge < -0.3 is 4.74 Å². The smallest absolute Gasteiger partial charge is 0.122 e. The molecule has 0 amide bonds. The van der Waals surface area contributed by atoms with E-state index in [1.54, 1.807) is 7.11 Å². The number of hydrogen-bond acceptors (Lipinski definition) is 1.